The first-order valence-electron chi connectivity index (χ1n) is 5.37. The standard InChI is InChI=1S/C11H21N3O/c1-9(2)12-7-11(8-15-4)14-6-5-10(3)13-14/h5-6,9,11-12H,7-8H2,1-4H3. The summed E-state index contributed by atoms with van der Waals surface area (Å²) in [5, 5.41) is 7.80. The molecule has 1 unspecified atom stereocenters. The molecular weight excluding hydrogens is 190 g/mol. The van der Waals surface area contributed by atoms with E-state index in [-0.39, 0.29) is 6.04 Å². The van der Waals surface area contributed by atoms with Gasteiger partial charge >= 0.3 is 0 Å². The Bertz CT molecular complexity index is 283. The van der Waals surface area contributed by atoms with Crippen molar-refractivity contribution in [3.05, 3.63) is 18.0 Å². The molecule has 86 valence electrons. The summed E-state index contributed by atoms with van der Waals surface area (Å²) in [4.78, 5) is 0. The van der Waals surface area contributed by atoms with Crippen molar-refractivity contribution >= 4 is 0 Å². The summed E-state index contributed by atoms with van der Waals surface area (Å²) >= 11 is 0. The summed E-state index contributed by atoms with van der Waals surface area (Å²) in [6.45, 7) is 7.83. The van der Waals surface area contributed by atoms with Crippen molar-refractivity contribution in [2.24, 2.45) is 0 Å². The van der Waals surface area contributed by atoms with Gasteiger partial charge in [0.1, 0.15) is 0 Å². The Morgan fingerprint density at radius 3 is 2.73 bits per heavy atom. The lowest BCUT2D eigenvalue weighted by Gasteiger charge is -2.19. The maximum absolute atomic E-state index is 5.20. The highest BCUT2D eigenvalue weighted by atomic mass is 16.5. The maximum atomic E-state index is 5.20. The van der Waals surface area contributed by atoms with Crippen molar-refractivity contribution in [3.8, 4) is 0 Å². The number of nitrogens with zero attached hydrogens (tertiary/aromatic N) is 2. The molecule has 0 saturated heterocycles. The summed E-state index contributed by atoms with van der Waals surface area (Å²) in [6, 6.07) is 2.77. The third kappa shape index (κ3) is 4.01. The molecule has 0 aromatic carbocycles. The smallest absolute Gasteiger partial charge is 0.0876 e. The molecule has 0 spiro atoms. The zero-order valence-electron chi connectivity index (χ0n) is 10.0. The fourth-order valence-corrected chi connectivity index (χ4v) is 1.43. The molecule has 0 fully saturated rings. The van der Waals surface area contributed by atoms with Crippen LogP contribution in [0.15, 0.2) is 12.3 Å². The molecular formula is C11H21N3O. The minimum absolute atomic E-state index is 0.270. The molecule has 0 aliphatic heterocycles. The van der Waals surface area contributed by atoms with Gasteiger partial charge in [0.25, 0.3) is 0 Å². The van der Waals surface area contributed by atoms with Gasteiger partial charge in [-0.1, -0.05) is 13.8 Å². The number of ether oxygens (including phenoxy) is 1. The summed E-state index contributed by atoms with van der Waals surface area (Å²) in [6.07, 6.45) is 2.00. The monoisotopic (exact) mass is 211 g/mol. The lowest BCUT2D eigenvalue weighted by molar-refractivity contribution is 0.147. The van der Waals surface area contributed by atoms with Crippen LogP contribution in [0.3, 0.4) is 0 Å². The number of rotatable bonds is 6. The van der Waals surface area contributed by atoms with Crippen LogP contribution in [0.2, 0.25) is 0 Å². The van der Waals surface area contributed by atoms with E-state index in [0.29, 0.717) is 12.6 Å². The van der Waals surface area contributed by atoms with Gasteiger partial charge in [-0.3, -0.25) is 4.68 Å². The minimum atomic E-state index is 0.270. The van der Waals surface area contributed by atoms with E-state index in [1.54, 1.807) is 7.11 Å². The van der Waals surface area contributed by atoms with E-state index in [2.05, 4.69) is 24.3 Å². The summed E-state index contributed by atoms with van der Waals surface area (Å²) in [5.74, 6) is 0. The SMILES string of the molecule is COCC(CNC(C)C)n1ccc(C)n1. The van der Waals surface area contributed by atoms with Crippen LogP contribution in [0.1, 0.15) is 25.6 Å². The first-order chi connectivity index (χ1) is 7.13. The Balaban J connectivity index is 2.57. The highest BCUT2D eigenvalue weighted by Gasteiger charge is 2.11. The Morgan fingerprint density at radius 2 is 2.27 bits per heavy atom. The first kappa shape index (κ1) is 12.2. The van der Waals surface area contributed by atoms with Gasteiger partial charge in [-0.05, 0) is 13.0 Å². The van der Waals surface area contributed by atoms with E-state index in [1.165, 1.54) is 0 Å². The van der Waals surface area contributed by atoms with E-state index in [1.807, 2.05) is 23.9 Å². The van der Waals surface area contributed by atoms with Crippen molar-refractivity contribution < 1.29 is 4.74 Å². The van der Waals surface area contributed by atoms with Gasteiger partial charge in [-0.25, -0.2) is 0 Å². The largest absolute Gasteiger partial charge is 0.382 e. The highest BCUT2D eigenvalue weighted by Crippen LogP contribution is 2.06. The van der Waals surface area contributed by atoms with Gasteiger partial charge in [0, 0.05) is 25.9 Å². The van der Waals surface area contributed by atoms with E-state index in [0.717, 1.165) is 12.2 Å². The van der Waals surface area contributed by atoms with Crippen LogP contribution in [0.5, 0.6) is 0 Å². The number of hydrogen-bond acceptors (Lipinski definition) is 3. The van der Waals surface area contributed by atoms with E-state index < -0.39 is 0 Å². The molecule has 15 heavy (non-hydrogen) atoms. The van der Waals surface area contributed by atoms with Gasteiger partial charge in [0.05, 0.1) is 18.3 Å². The molecule has 0 saturated carbocycles. The van der Waals surface area contributed by atoms with E-state index in [9.17, 15) is 0 Å². The van der Waals surface area contributed by atoms with Gasteiger partial charge in [0.2, 0.25) is 0 Å². The van der Waals surface area contributed by atoms with Crippen LogP contribution < -0.4 is 5.32 Å². The van der Waals surface area contributed by atoms with E-state index >= 15 is 0 Å². The van der Waals surface area contributed by atoms with Crippen LogP contribution in [0.25, 0.3) is 0 Å². The van der Waals surface area contributed by atoms with Crippen molar-refractivity contribution in [2.45, 2.75) is 32.9 Å². The van der Waals surface area contributed by atoms with Crippen molar-refractivity contribution in [3.63, 3.8) is 0 Å². The molecule has 4 heteroatoms. The molecule has 0 amide bonds. The van der Waals surface area contributed by atoms with Crippen molar-refractivity contribution in [1.29, 1.82) is 0 Å². The van der Waals surface area contributed by atoms with Crippen LogP contribution in [-0.2, 0) is 4.74 Å². The predicted molar refractivity (Wildman–Crippen MR) is 61.0 cm³/mol. The number of aromatic nitrogens is 2. The molecule has 1 heterocycles. The van der Waals surface area contributed by atoms with Crippen LogP contribution >= 0.6 is 0 Å². The molecule has 0 aliphatic carbocycles. The second kappa shape index (κ2) is 5.88. The van der Waals surface area contributed by atoms with Gasteiger partial charge in [-0.2, -0.15) is 5.10 Å². The third-order valence-corrected chi connectivity index (χ3v) is 2.24. The van der Waals surface area contributed by atoms with Gasteiger partial charge in [-0.15, -0.1) is 0 Å². The Hall–Kier alpha value is -0.870. The average Bonchev–Trinajstić information content (AvgIpc) is 2.59. The number of nitrogens with one attached hydrogen (secondary N) is 1. The van der Waals surface area contributed by atoms with Crippen LogP contribution in [0.4, 0.5) is 0 Å². The number of aryl methyl sites for hydroxylation is 1. The van der Waals surface area contributed by atoms with Crippen molar-refractivity contribution in [2.75, 3.05) is 20.3 Å². The molecule has 0 bridgehead atoms. The molecule has 1 rings (SSSR count). The zero-order valence-corrected chi connectivity index (χ0v) is 10.0. The highest BCUT2D eigenvalue weighted by molar-refractivity contribution is 4.96. The zero-order chi connectivity index (χ0) is 11.3. The topological polar surface area (TPSA) is 39.1 Å². The van der Waals surface area contributed by atoms with Gasteiger partial charge in [0.15, 0.2) is 0 Å². The Labute approximate surface area is 91.6 Å². The summed E-state index contributed by atoms with van der Waals surface area (Å²) in [7, 11) is 1.72. The molecule has 1 aromatic heterocycles. The summed E-state index contributed by atoms with van der Waals surface area (Å²) < 4.78 is 7.17. The van der Waals surface area contributed by atoms with Crippen LogP contribution in [0, 0.1) is 6.92 Å². The molecule has 4 nitrogen and oxygen atoms in total. The second-order valence-corrected chi connectivity index (χ2v) is 4.11. The second-order valence-electron chi connectivity index (χ2n) is 4.11. The molecule has 1 aromatic rings. The van der Waals surface area contributed by atoms with Crippen molar-refractivity contribution in [1.82, 2.24) is 15.1 Å². The van der Waals surface area contributed by atoms with Crippen LogP contribution in [-0.4, -0.2) is 36.1 Å². The molecule has 1 atom stereocenters. The molecule has 0 radical (unpaired) electrons. The normalized spacial score (nSPS) is 13.4. The molecule has 0 aliphatic rings. The minimum Gasteiger partial charge on any atom is -0.382 e. The average molecular weight is 211 g/mol. The Kier molecular flexibility index (Phi) is 4.78. The maximum Gasteiger partial charge on any atom is 0.0876 e. The summed E-state index contributed by atoms with van der Waals surface area (Å²) in [5.41, 5.74) is 1.04. The fourth-order valence-electron chi connectivity index (χ4n) is 1.43. The Morgan fingerprint density at radius 1 is 1.53 bits per heavy atom. The first-order valence-corrected chi connectivity index (χ1v) is 5.37. The fraction of sp³-hybridized carbons (Fsp3) is 0.727. The lowest BCUT2D eigenvalue weighted by Crippen LogP contribution is -2.32. The number of methoxy groups -OCH3 is 1. The predicted octanol–water partition coefficient (Wildman–Crippen LogP) is 1.38. The number of hydrogen-bond donors (Lipinski definition) is 1. The van der Waals surface area contributed by atoms with E-state index in [4.69, 9.17) is 4.74 Å². The van der Waals surface area contributed by atoms with Gasteiger partial charge < -0.3 is 10.1 Å². The molecule has 1 N–H and O–H groups in total. The quantitative estimate of drug-likeness (QED) is 0.772. The third-order valence-electron chi connectivity index (χ3n) is 2.24. The lowest BCUT2D eigenvalue weighted by atomic mass is 10.3.